The molecule has 3 amide bonds. The minimum atomic E-state index is -0.169. The Bertz CT molecular complexity index is 947. The fourth-order valence-corrected chi connectivity index (χ4v) is 4.42. The molecule has 7 heteroatoms. The normalized spacial score (nSPS) is 18.2. The van der Waals surface area contributed by atoms with Crippen molar-refractivity contribution in [1.82, 2.24) is 9.80 Å². The number of fused-ring (bicyclic) bond motifs is 1. The van der Waals surface area contributed by atoms with Crippen LogP contribution >= 0.6 is 0 Å². The molecule has 1 atom stereocenters. The zero-order chi connectivity index (χ0) is 21.8. The number of nitrogens with zero attached hydrogens (tertiary/aromatic N) is 2. The first-order chi connectivity index (χ1) is 15.1. The molecular weight excluding hydrogens is 394 g/mol. The Morgan fingerprint density at radius 1 is 0.968 bits per heavy atom. The fourth-order valence-electron chi connectivity index (χ4n) is 4.42. The van der Waals surface area contributed by atoms with Gasteiger partial charge >= 0.3 is 6.03 Å². The van der Waals surface area contributed by atoms with Gasteiger partial charge in [-0.1, -0.05) is 18.2 Å². The van der Waals surface area contributed by atoms with Crippen molar-refractivity contribution in [3.05, 3.63) is 53.6 Å². The zero-order valence-electron chi connectivity index (χ0n) is 18.1. The van der Waals surface area contributed by atoms with Gasteiger partial charge in [-0.25, -0.2) is 4.79 Å². The number of amides is 3. The highest BCUT2D eigenvalue weighted by atomic mass is 16.5. The van der Waals surface area contributed by atoms with Crippen LogP contribution in [0.2, 0.25) is 0 Å². The summed E-state index contributed by atoms with van der Waals surface area (Å²) in [5.41, 5.74) is 3.04. The Hall–Kier alpha value is -3.22. The molecule has 2 heterocycles. The van der Waals surface area contributed by atoms with Gasteiger partial charge in [0.25, 0.3) is 0 Å². The second kappa shape index (κ2) is 9.29. The number of carbonyl (C=O) groups excluding carboxylic acids is 2. The largest absolute Gasteiger partial charge is 0.493 e. The van der Waals surface area contributed by atoms with Crippen LogP contribution < -0.4 is 14.8 Å². The number of carbonyl (C=O) groups is 2. The van der Waals surface area contributed by atoms with Crippen LogP contribution in [0.1, 0.15) is 24.0 Å². The third-order valence-corrected chi connectivity index (χ3v) is 6.11. The van der Waals surface area contributed by atoms with E-state index in [4.69, 9.17) is 9.47 Å². The molecule has 0 spiro atoms. The van der Waals surface area contributed by atoms with Crippen molar-refractivity contribution in [2.75, 3.05) is 39.2 Å². The summed E-state index contributed by atoms with van der Waals surface area (Å²) in [5, 5.41) is 2.92. The standard InChI is InChI=1S/C24H29N3O4/c1-30-21-13-17-10-12-26(16-19(17)14-22(21)31-2)23(28)18-7-6-11-27(15-18)24(29)25-20-8-4-3-5-9-20/h3-5,8-9,13-14,18H,6-7,10-12,15-16H2,1-2H3,(H,25,29)/t18-/m0/s1. The summed E-state index contributed by atoms with van der Waals surface area (Å²) >= 11 is 0. The molecule has 2 aromatic carbocycles. The lowest BCUT2D eigenvalue weighted by Crippen LogP contribution is -2.48. The Kier molecular flexibility index (Phi) is 6.30. The predicted octanol–water partition coefficient (Wildman–Crippen LogP) is 3.53. The molecule has 0 saturated carbocycles. The Balaban J connectivity index is 1.41. The summed E-state index contributed by atoms with van der Waals surface area (Å²) in [6, 6.07) is 13.2. The third-order valence-electron chi connectivity index (χ3n) is 6.11. The number of anilines is 1. The van der Waals surface area contributed by atoms with Gasteiger partial charge in [-0.15, -0.1) is 0 Å². The average molecular weight is 424 g/mol. The van der Waals surface area contributed by atoms with Gasteiger partial charge in [0.2, 0.25) is 5.91 Å². The highest BCUT2D eigenvalue weighted by Crippen LogP contribution is 2.34. The molecule has 2 aliphatic heterocycles. The number of rotatable bonds is 4. The van der Waals surface area contributed by atoms with E-state index in [9.17, 15) is 9.59 Å². The maximum Gasteiger partial charge on any atom is 0.321 e. The van der Waals surface area contributed by atoms with E-state index in [2.05, 4.69) is 5.32 Å². The monoisotopic (exact) mass is 423 g/mol. The molecule has 2 aromatic rings. The van der Waals surface area contributed by atoms with E-state index in [1.165, 1.54) is 5.56 Å². The topological polar surface area (TPSA) is 71.1 Å². The number of para-hydroxylation sites is 1. The summed E-state index contributed by atoms with van der Waals surface area (Å²) in [5.74, 6) is 1.35. The Morgan fingerprint density at radius 3 is 2.39 bits per heavy atom. The number of ether oxygens (including phenoxy) is 2. The third kappa shape index (κ3) is 4.60. The van der Waals surface area contributed by atoms with Crippen LogP contribution in [0.3, 0.4) is 0 Å². The highest BCUT2D eigenvalue weighted by Gasteiger charge is 2.33. The van der Waals surface area contributed by atoms with Gasteiger partial charge in [0.15, 0.2) is 11.5 Å². The zero-order valence-corrected chi connectivity index (χ0v) is 18.1. The van der Waals surface area contributed by atoms with Crippen molar-refractivity contribution in [2.45, 2.75) is 25.8 Å². The van der Waals surface area contributed by atoms with E-state index >= 15 is 0 Å². The van der Waals surface area contributed by atoms with Gasteiger partial charge < -0.3 is 24.6 Å². The van der Waals surface area contributed by atoms with E-state index in [1.54, 1.807) is 19.1 Å². The van der Waals surface area contributed by atoms with E-state index in [-0.39, 0.29) is 17.9 Å². The predicted molar refractivity (Wildman–Crippen MR) is 118 cm³/mol. The van der Waals surface area contributed by atoms with Crippen LogP contribution in [-0.2, 0) is 17.8 Å². The van der Waals surface area contributed by atoms with Crippen molar-refractivity contribution in [2.24, 2.45) is 5.92 Å². The summed E-state index contributed by atoms with van der Waals surface area (Å²) in [6.45, 7) is 2.35. The lowest BCUT2D eigenvalue weighted by Gasteiger charge is -2.37. The summed E-state index contributed by atoms with van der Waals surface area (Å²) in [4.78, 5) is 29.6. The molecule has 0 aromatic heterocycles. The number of urea groups is 1. The number of hydrogen-bond donors (Lipinski definition) is 1. The van der Waals surface area contributed by atoms with Gasteiger partial charge in [0, 0.05) is 31.9 Å². The molecule has 31 heavy (non-hydrogen) atoms. The van der Waals surface area contributed by atoms with E-state index in [0.717, 1.165) is 30.5 Å². The van der Waals surface area contributed by atoms with Gasteiger partial charge in [-0.2, -0.15) is 0 Å². The van der Waals surface area contributed by atoms with Crippen molar-refractivity contribution in [1.29, 1.82) is 0 Å². The number of piperidine rings is 1. The molecule has 0 aliphatic carbocycles. The number of benzene rings is 2. The Morgan fingerprint density at radius 2 is 1.68 bits per heavy atom. The van der Waals surface area contributed by atoms with Gasteiger partial charge in [-0.05, 0) is 54.7 Å². The molecule has 7 nitrogen and oxygen atoms in total. The molecule has 164 valence electrons. The summed E-state index contributed by atoms with van der Waals surface area (Å²) in [6.07, 6.45) is 2.42. The number of methoxy groups -OCH3 is 2. The lowest BCUT2D eigenvalue weighted by atomic mass is 9.93. The van der Waals surface area contributed by atoms with E-state index in [0.29, 0.717) is 37.7 Å². The van der Waals surface area contributed by atoms with Crippen molar-refractivity contribution in [3.8, 4) is 11.5 Å². The minimum Gasteiger partial charge on any atom is -0.493 e. The number of nitrogens with one attached hydrogen (secondary N) is 1. The van der Waals surface area contributed by atoms with Crippen molar-refractivity contribution in [3.63, 3.8) is 0 Å². The molecule has 4 rings (SSSR count). The molecule has 0 unspecified atom stereocenters. The molecule has 1 N–H and O–H groups in total. The molecular formula is C24H29N3O4. The maximum absolute atomic E-state index is 13.3. The number of hydrogen-bond acceptors (Lipinski definition) is 4. The van der Waals surface area contributed by atoms with Gasteiger partial charge in [-0.3, -0.25) is 4.79 Å². The maximum atomic E-state index is 13.3. The second-order valence-electron chi connectivity index (χ2n) is 8.07. The molecule has 0 bridgehead atoms. The first-order valence-corrected chi connectivity index (χ1v) is 10.7. The molecule has 2 aliphatic rings. The molecule has 0 radical (unpaired) electrons. The lowest BCUT2D eigenvalue weighted by molar-refractivity contribution is -0.137. The van der Waals surface area contributed by atoms with Crippen molar-refractivity contribution >= 4 is 17.6 Å². The summed E-state index contributed by atoms with van der Waals surface area (Å²) in [7, 11) is 3.25. The SMILES string of the molecule is COc1cc2c(cc1OC)CN(C(=O)[C@H]1CCCN(C(=O)Nc3ccccc3)C1)CC2. The smallest absolute Gasteiger partial charge is 0.321 e. The molecule has 1 fully saturated rings. The second-order valence-corrected chi connectivity index (χ2v) is 8.07. The fraction of sp³-hybridized carbons (Fsp3) is 0.417. The minimum absolute atomic E-state index is 0.123. The van der Waals surface area contributed by atoms with Crippen LogP contribution in [0.5, 0.6) is 11.5 Å². The van der Waals surface area contributed by atoms with E-state index in [1.807, 2.05) is 47.4 Å². The van der Waals surface area contributed by atoms with Gasteiger partial charge in [0.05, 0.1) is 20.1 Å². The van der Waals surface area contributed by atoms with Crippen LogP contribution in [0.25, 0.3) is 0 Å². The number of likely N-dealkylation sites (tertiary alicyclic amines) is 1. The highest BCUT2D eigenvalue weighted by molar-refractivity contribution is 5.90. The Labute approximate surface area is 182 Å². The van der Waals surface area contributed by atoms with Crippen LogP contribution in [-0.4, -0.2) is 55.6 Å². The van der Waals surface area contributed by atoms with Crippen LogP contribution in [0, 0.1) is 5.92 Å². The quantitative estimate of drug-likeness (QED) is 0.817. The van der Waals surface area contributed by atoms with E-state index < -0.39 is 0 Å². The first kappa shape index (κ1) is 21.0. The summed E-state index contributed by atoms with van der Waals surface area (Å²) < 4.78 is 10.8. The first-order valence-electron chi connectivity index (χ1n) is 10.7. The molecule has 1 saturated heterocycles. The van der Waals surface area contributed by atoms with Crippen LogP contribution in [0.4, 0.5) is 10.5 Å². The van der Waals surface area contributed by atoms with Gasteiger partial charge in [0.1, 0.15) is 0 Å². The van der Waals surface area contributed by atoms with Crippen LogP contribution in [0.15, 0.2) is 42.5 Å². The van der Waals surface area contributed by atoms with Crippen molar-refractivity contribution < 1.29 is 19.1 Å². The average Bonchev–Trinajstić information content (AvgIpc) is 2.83.